The molecule has 1 atom stereocenters. The molecule has 2 N–H and O–H groups in total. The van der Waals surface area contributed by atoms with Gasteiger partial charge in [-0.15, -0.1) is 0 Å². The van der Waals surface area contributed by atoms with E-state index in [9.17, 15) is 9.59 Å². The summed E-state index contributed by atoms with van der Waals surface area (Å²) in [5.74, 6) is -1.48. The normalized spacial score (nSPS) is 12.8. The van der Waals surface area contributed by atoms with Crippen LogP contribution in [-0.2, 0) is 9.53 Å². The predicted molar refractivity (Wildman–Crippen MR) is 71.0 cm³/mol. The number of carboxylic acid groups (broad SMARTS) is 1. The molecule has 0 radical (unpaired) electrons. The Kier molecular flexibility index (Phi) is 5.06. The summed E-state index contributed by atoms with van der Waals surface area (Å²) in [5.41, 5.74) is -0.184. The lowest BCUT2D eigenvalue weighted by atomic mass is 9.98. The fourth-order valence-corrected chi connectivity index (χ4v) is 1.61. The number of aliphatic carboxylic acids is 1. The van der Waals surface area contributed by atoms with Gasteiger partial charge in [-0.25, -0.2) is 4.79 Å². The number of amides is 1. The van der Waals surface area contributed by atoms with Crippen molar-refractivity contribution in [1.82, 2.24) is 5.32 Å². The average Bonchev–Trinajstić information content (AvgIpc) is 2.38. The van der Waals surface area contributed by atoms with E-state index in [-0.39, 0.29) is 6.42 Å². The van der Waals surface area contributed by atoms with Crippen LogP contribution in [0.2, 0.25) is 0 Å². The molecule has 104 valence electrons. The minimum absolute atomic E-state index is 0.192. The first-order valence-electron chi connectivity index (χ1n) is 5.99. The summed E-state index contributed by atoms with van der Waals surface area (Å²) in [6, 6.07) is 7.53. The van der Waals surface area contributed by atoms with Crippen molar-refractivity contribution in [3.05, 3.63) is 35.9 Å². The van der Waals surface area contributed by atoms with E-state index in [0.29, 0.717) is 5.56 Å². The van der Waals surface area contributed by atoms with Crippen LogP contribution >= 0.6 is 0 Å². The first kappa shape index (κ1) is 15.2. The number of hydrogen-bond acceptors (Lipinski definition) is 3. The van der Waals surface area contributed by atoms with Crippen LogP contribution in [0.3, 0.4) is 0 Å². The molecule has 1 rings (SSSR count). The minimum Gasteiger partial charge on any atom is -0.480 e. The van der Waals surface area contributed by atoms with Crippen molar-refractivity contribution in [2.45, 2.75) is 31.9 Å². The highest BCUT2D eigenvalue weighted by Gasteiger charge is 2.29. The maximum atomic E-state index is 11.9. The smallest absolute Gasteiger partial charge is 0.326 e. The molecular weight excluding hydrogens is 246 g/mol. The van der Waals surface area contributed by atoms with Gasteiger partial charge < -0.3 is 15.2 Å². The van der Waals surface area contributed by atoms with Gasteiger partial charge in [0, 0.05) is 19.1 Å². The van der Waals surface area contributed by atoms with Crippen LogP contribution in [0, 0.1) is 0 Å². The molecule has 0 aromatic heterocycles. The van der Waals surface area contributed by atoms with Crippen LogP contribution in [0.1, 0.15) is 30.6 Å². The molecule has 0 saturated heterocycles. The summed E-state index contributed by atoms with van der Waals surface area (Å²) in [6.07, 6.45) is 0.192. The lowest BCUT2D eigenvalue weighted by molar-refractivity contribution is -0.141. The van der Waals surface area contributed by atoms with Crippen molar-refractivity contribution in [3.63, 3.8) is 0 Å². The minimum atomic E-state index is -1.07. The van der Waals surface area contributed by atoms with Crippen molar-refractivity contribution in [2.75, 3.05) is 7.11 Å². The molecule has 19 heavy (non-hydrogen) atoms. The summed E-state index contributed by atoms with van der Waals surface area (Å²) >= 11 is 0. The first-order valence-corrected chi connectivity index (χ1v) is 5.99. The van der Waals surface area contributed by atoms with E-state index in [0.717, 1.165) is 0 Å². The molecule has 0 aliphatic carbocycles. The van der Waals surface area contributed by atoms with Crippen LogP contribution in [0.15, 0.2) is 30.3 Å². The van der Waals surface area contributed by atoms with E-state index in [1.807, 2.05) is 0 Å². The SMILES string of the molecule is COC(C)(C)C[C@@H](NC(=O)c1ccccc1)C(=O)O. The Morgan fingerprint density at radius 1 is 1.32 bits per heavy atom. The Hall–Kier alpha value is -1.88. The summed E-state index contributed by atoms with van der Waals surface area (Å²) in [7, 11) is 1.51. The topological polar surface area (TPSA) is 75.6 Å². The van der Waals surface area contributed by atoms with Gasteiger partial charge in [-0.2, -0.15) is 0 Å². The average molecular weight is 265 g/mol. The van der Waals surface area contributed by atoms with E-state index >= 15 is 0 Å². The quantitative estimate of drug-likeness (QED) is 0.820. The molecule has 0 aliphatic rings. The van der Waals surface area contributed by atoms with Crippen LogP contribution in [0.4, 0.5) is 0 Å². The molecule has 0 unspecified atom stereocenters. The Balaban J connectivity index is 2.75. The monoisotopic (exact) mass is 265 g/mol. The molecule has 0 bridgehead atoms. The maximum Gasteiger partial charge on any atom is 0.326 e. The third-order valence-electron chi connectivity index (χ3n) is 2.89. The molecule has 1 amide bonds. The lowest BCUT2D eigenvalue weighted by Crippen LogP contribution is -2.45. The van der Waals surface area contributed by atoms with Gasteiger partial charge in [0.05, 0.1) is 5.60 Å². The Labute approximate surface area is 112 Å². The van der Waals surface area contributed by atoms with Crippen molar-refractivity contribution in [2.24, 2.45) is 0 Å². The zero-order valence-electron chi connectivity index (χ0n) is 11.3. The summed E-state index contributed by atoms with van der Waals surface area (Å²) in [6.45, 7) is 3.55. The van der Waals surface area contributed by atoms with Crippen LogP contribution in [0.5, 0.6) is 0 Å². The second-order valence-electron chi connectivity index (χ2n) is 4.90. The van der Waals surface area contributed by atoms with E-state index in [4.69, 9.17) is 9.84 Å². The Morgan fingerprint density at radius 2 is 1.89 bits per heavy atom. The van der Waals surface area contributed by atoms with Crippen molar-refractivity contribution >= 4 is 11.9 Å². The largest absolute Gasteiger partial charge is 0.480 e. The van der Waals surface area contributed by atoms with E-state index < -0.39 is 23.5 Å². The fraction of sp³-hybridized carbons (Fsp3) is 0.429. The zero-order valence-corrected chi connectivity index (χ0v) is 11.3. The molecule has 5 nitrogen and oxygen atoms in total. The van der Waals surface area contributed by atoms with E-state index in [1.165, 1.54) is 7.11 Å². The molecule has 5 heteroatoms. The third kappa shape index (κ3) is 4.71. The molecular formula is C14H19NO4. The van der Waals surface area contributed by atoms with Gasteiger partial charge in [-0.05, 0) is 26.0 Å². The predicted octanol–water partition coefficient (Wildman–Crippen LogP) is 1.68. The van der Waals surface area contributed by atoms with Crippen LogP contribution in [0.25, 0.3) is 0 Å². The van der Waals surface area contributed by atoms with Gasteiger partial charge in [-0.3, -0.25) is 4.79 Å². The highest BCUT2D eigenvalue weighted by molar-refractivity contribution is 5.96. The Bertz CT molecular complexity index is 442. The number of rotatable bonds is 6. The molecule has 1 aromatic rings. The highest BCUT2D eigenvalue weighted by Crippen LogP contribution is 2.16. The van der Waals surface area contributed by atoms with E-state index in [1.54, 1.807) is 44.2 Å². The summed E-state index contributed by atoms with van der Waals surface area (Å²) in [4.78, 5) is 23.1. The molecule has 0 spiro atoms. The van der Waals surface area contributed by atoms with Gasteiger partial charge in [0.25, 0.3) is 5.91 Å². The molecule has 0 heterocycles. The molecule has 0 fully saturated rings. The van der Waals surface area contributed by atoms with Gasteiger partial charge in [0.2, 0.25) is 0 Å². The standard InChI is InChI=1S/C14H19NO4/c1-14(2,19-3)9-11(13(17)18)15-12(16)10-7-5-4-6-8-10/h4-8,11H,9H2,1-3H3,(H,15,16)(H,17,18)/t11-/m1/s1. The van der Waals surface area contributed by atoms with Gasteiger partial charge in [0.15, 0.2) is 0 Å². The number of nitrogens with one attached hydrogen (secondary N) is 1. The first-order chi connectivity index (χ1) is 8.85. The number of methoxy groups -OCH3 is 1. The number of benzene rings is 1. The lowest BCUT2D eigenvalue weighted by Gasteiger charge is -2.26. The Morgan fingerprint density at radius 3 is 2.37 bits per heavy atom. The molecule has 1 aromatic carbocycles. The molecule has 0 saturated carbocycles. The van der Waals surface area contributed by atoms with Crippen molar-refractivity contribution in [1.29, 1.82) is 0 Å². The summed E-state index contributed by atoms with van der Waals surface area (Å²) in [5, 5.41) is 11.7. The number of carboxylic acids is 1. The number of hydrogen-bond donors (Lipinski definition) is 2. The fourth-order valence-electron chi connectivity index (χ4n) is 1.61. The number of carbonyl (C=O) groups is 2. The third-order valence-corrected chi connectivity index (χ3v) is 2.89. The summed E-state index contributed by atoms with van der Waals surface area (Å²) < 4.78 is 5.19. The van der Waals surface area contributed by atoms with Gasteiger partial charge in [-0.1, -0.05) is 18.2 Å². The van der Waals surface area contributed by atoms with Crippen molar-refractivity contribution < 1.29 is 19.4 Å². The van der Waals surface area contributed by atoms with Gasteiger partial charge >= 0.3 is 5.97 Å². The van der Waals surface area contributed by atoms with Gasteiger partial charge in [0.1, 0.15) is 6.04 Å². The maximum absolute atomic E-state index is 11.9. The molecule has 0 aliphatic heterocycles. The second kappa shape index (κ2) is 6.33. The van der Waals surface area contributed by atoms with Crippen LogP contribution < -0.4 is 5.32 Å². The second-order valence-corrected chi connectivity index (χ2v) is 4.90. The number of ether oxygens (including phenoxy) is 1. The zero-order chi connectivity index (χ0) is 14.5. The van der Waals surface area contributed by atoms with Crippen LogP contribution in [-0.4, -0.2) is 35.7 Å². The van der Waals surface area contributed by atoms with Crippen molar-refractivity contribution in [3.8, 4) is 0 Å². The number of carbonyl (C=O) groups excluding carboxylic acids is 1. The van der Waals surface area contributed by atoms with E-state index in [2.05, 4.69) is 5.32 Å². The highest BCUT2D eigenvalue weighted by atomic mass is 16.5.